The fourth-order valence-electron chi connectivity index (χ4n) is 15.0. The highest BCUT2D eigenvalue weighted by molar-refractivity contribution is 7.01. The van der Waals surface area contributed by atoms with Crippen LogP contribution in [0, 0.1) is 41.5 Å². The molecule has 3 aliphatic heterocycles. The van der Waals surface area contributed by atoms with Crippen molar-refractivity contribution in [2.75, 3.05) is 9.80 Å². The van der Waals surface area contributed by atoms with Crippen LogP contribution >= 0.6 is 0 Å². The summed E-state index contributed by atoms with van der Waals surface area (Å²) in [4.78, 5) is 34.2. The monoisotopic (exact) mass is 1140 g/mol. The smallest absolute Gasteiger partial charge is 0.293 e. The molecule has 0 atom stereocenters. The van der Waals surface area contributed by atoms with Gasteiger partial charge in [-0.25, -0.2) is 14.8 Å². The van der Waals surface area contributed by atoms with Gasteiger partial charge in [-0.05, 0) is 190 Å². The summed E-state index contributed by atoms with van der Waals surface area (Å²) in [6, 6.07) is 77.8. The average Bonchev–Trinajstić information content (AvgIpc) is 1.53. The molecule has 6 heterocycles. The minimum atomic E-state index is -0.533. The van der Waals surface area contributed by atoms with Crippen LogP contribution in [-0.4, -0.2) is 31.8 Å². The van der Waals surface area contributed by atoms with Crippen LogP contribution in [0.15, 0.2) is 250 Å². The first-order valence-corrected chi connectivity index (χ1v) is 30.5. The molecular formula is C81H61BN6O. The van der Waals surface area contributed by atoms with Crippen LogP contribution in [-0.2, 0) is 0 Å². The molecule has 0 radical (unpaired) electrons. The van der Waals surface area contributed by atoms with Crippen molar-refractivity contribution in [3.63, 3.8) is 0 Å². The van der Waals surface area contributed by atoms with E-state index >= 15 is 4.79 Å². The number of aromatic nitrogens is 4. The zero-order chi connectivity index (χ0) is 60.5. The summed E-state index contributed by atoms with van der Waals surface area (Å²) in [5, 5.41) is 1.88. The Balaban J connectivity index is 1.13. The molecule has 0 N–H and O–H groups in total. The van der Waals surface area contributed by atoms with Crippen molar-refractivity contribution in [2.45, 2.75) is 41.5 Å². The van der Waals surface area contributed by atoms with Gasteiger partial charge in [0.25, 0.3) is 6.71 Å². The summed E-state index contributed by atoms with van der Waals surface area (Å²) >= 11 is 0. The lowest BCUT2D eigenvalue weighted by Gasteiger charge is -2.44. The summed E-state index contributed by atoms with van der Waals surface area (Å²) in [6.07, 6.45) is 5.72. The largest absolute Gasteiger partial charge is 0.336 e. The number of anilines is 6. The van der Waals surface area contributed by atoms with Gasteiger partial charge in [0.05, 0.1) is 33.8 Å². The number of nitrogens with zero attached hydrogens (tertiary/aromatic N) is 6. The SMILES string of the molecule is C=C/C=C(\C=C)c1cc(C)c(N2c3nc(-c4c(C)cccc4C)nc4c3B3c5c2c2cc(-c6ccccc6)c(-c6ccccc6)cc2n5C(=O)n2c3c(c3cc(-c5ccccc5)c(-c5ccccc5)cc32)N4c2c(C)cc(-c3ccccc3)cc2C)c(C)c1. The quantitative estimate of drug-likeness (QED) is 0.0954. The molecule has 8 heteroatoms. The third-order valence-corrected chi connectivity index (χ3v) is 18.7. The van der Waals surface area contributed by atoms with Crippen LogP contribution in [0.3, 0.4) is 0 Å². The van der Waals surface area contributed by atoms with Gasteiger partial charge in [-0.1, -0.05) is 201 Å². The van der Waals surface area contributed by atoms with Crippen molar-refractivity contribution < 1.29 is 4.79 Å². The lowest BCUT2D eigenvalue weighted by atomic mass is 9.36. The van der Waals surface area contributed by atoms with E-state index in [-0.39, 0.29) is 6.03 Å². The number of aryl methyl sites for hydroxylation is 6. The lowest BCUT2D eigenvalue weighted by Crippen LogP contribution is -2.69. The Morgan fingerprint density at radius 1 is 0.416 bits per heavy atom. The van der Waals surface area contributed by atoms with E-state index in [1.807, 2.05) is 18.2 Å². The minimum absolute atomic E-state index is 0.154. The molecule has 0 saturated heterocycles. The van der Waals surface area contributed by atoms with E-state index in [1.165, 1.54) is 0 Å². The van der Waals surface area contributed by atoms with Gasteiger partial charge in [0.1, 0.15) is 11.6 Å². The molecule has 0 unspecified atom stereocenters. The summed E-state index contributed by atoms with van der Waals surface area (Å²) in [7, 11) is 0. The zero-order valence-corrected chi connectivity index (χ0v) is 50.6. The highest BCUT2D eigenvalue weighted by Gasteiger charge is 2.55. The predicted octanol–water partition coefficient (Wildman–Crippen LogP) is 18.9. The Morgan fingerprint density at radius 2 is 0.798 bits per heavy atom. The molecule has 0 aliphatic carbocycles. The Hall–Kier alpha value is -11.1. The topological polar surface area (TPSA) is 59.2 Å². The molecule has 0 amide bonds. The van der Waals surface area contributed by atoms with Gasteiger partial charge in [-0.15, -0.1) is 0 Å². The number of carbonyl (C=O) groups is 1. The molecule has 10 aromatic carbocycles. The molecule has 16 rings (SSSR count). The third-order valence-electron chi connectivity index (χ3n) is 18.7. The van der Waals surface area contributed by atoms with Gasteiger partial charge >= 0.3 is 6.03 Å². The predicted molar refractivity (Wildman–Crippen MR) is 373 cm³/mol. The molecule has 0 spiro atoms. The number of hydrogen-bond acceptors (Lipinski definition) is 5. The molecular weight excluding hydrogens is 1080 g/mol. The van der Waals surface area contributed by atoms with Crippen molar-refractivity contribution >= 4 is 91.2 Å². The van der Waals surface area contributed by atoms with Crippen molar-refractivity contribution in [1.29, 1.82) is 0 Å². The maximum atomic E-state index is 17.3. The Kier molecular flexibility index (Phi) is 12.3. The molecule has 0 saturated carbocycles. The van der Waals surface area contributed by atoms with E-state index < -0.39 is 6.71 Å². The molecule has 0 fully saturated rings. The average molecular weight is 1150 g/mol. The maximum absolute atomic E-state index is 17.3. The molecule has 13 aromatic rings. The van der Waals surface area contributed by atoms with Gasteiger partial charge in [0, 0.05) is 33.0 Å². The molecule has 3 aromatic heterocycles. The van der Waals surface area contributed by atoms with E-state index in [1.54, 1.807) is 0 Å². The second-order valence-electron chi connectivity index (χ2n) is 24.0. The van der Waals surface area contributed by atoms with E-state index in [9.17, 15) is 0 Å². The number of hydrogen-bond donors (Lipinski definition) is 0. The van der Waals surface area contributed by atoms with Crippen molar-refractivity contribution in [3.05, 3.63) is 289 Å². The maximum Gasteiger partial charge on any atom is 0.336 e. The van der Waals surface area contributed by atoms with Gasteiger partial charge in [-0.2, -0.15) is 0 Å². The summed E-state index contributed by atoms with van der Waals surface area (Å²) in [5.41, 5.74) is 28.1. The van der Waals surface area contributed by atoms with Crippen molar-refractivity contribution in [3.8, 4) is 67.0 Å². The Labute approximate surface area is 519 Å². The van der Waals surface area contributed by atoms with Crippen molar-refractivity contribution in [2.24, 2.45) is 0 Å². The van der Waals surface area contributed by atoms with E-state index in [0.717, 1.165) is 179 Å². The molecule has 7 nitrogen and oxygen atoms in total. The highest BCUT2D eigenvalue weighted by atomic mass is 16.2. The van der Waals surface area contributed by atoms with E-state index in [0.29, 0.717) is 5.82 Å². The summed E-state index contributed by atoms with van der Waals surface area (Å²) < 4.78 is 4.12. The van der Waals surface area contributed by atoms with E-state index in [2.05, 4.69) is 292 Å². The first-order chi connectivity index (χ1) is 43.5. The lowest BCUT2D eigenvalue weighted by molar-refractivity contribution is 0.246. The number of fused-ring (bicyclic) bond motifs is 6. The zero-order valence-electron chi connectivity index (χ0n) is 50.6. The van der Waals surface area contributed by atoms with Gasteiger partial charge in [0.15, 0.2) is 5.82 Å². The van der Waals surface area contributed by atoms with Crippen LogP contribution in [0.4, 0.5) is 39.2 Å². The van der Waals surface area contributed by atoms with Crippen molar-refractivity contribution in [1.82, 2.24) is 19.1 Å². The number of rotatable bonds is 11. The van der Waals surface area contributed by atoms with Crippen LogP contribution < -0.4 is 26.4 Å². The van der Waals surface area contributed by atoms with Gasteiger partial charge in [0.2, 0.25) is 0 Å². The van der Waals surface area contributed by atoms with Gasteiger partial charge in [-0.3, -0.25) is 18.9 Å². The highest BCUT2D eigenvalue weighted by Crippen LogP contribution is 2.54. The van der Waals surface area contributed by atoms with Crippen LogP contribution in [0.2, 0.25) is 0 Å². The van der Waals surface area contributed by atoms with Gasteiger partial charge < -0.3 is 0 Å². The fourth-order valence-corrected chi connectivity index (χ4v) is 15.0. The standard InChI is InChI=1S/C81H61BN6O/c1-9-27-54(10-2)60-40-50(5)72(51(6)41-60)87-74-66-44-62(56-32-18-12-19-33-56)64(58-36-22-14-23-37-58)46-68(66)85-76(74)82-71-79(87)83-78(70-48(3)28-26-29-49(70)4)84-80(71)88(73-52(7)42-61(43-53(73)8)55-30-16-11-17-31-55)75-67-45-63(57-34-20-13-21-35-57)65(59-38-24-15-25-39-59)47-69(67)86(77(75)82)81(85)89/h9-47H,1-2H2,3-8H3/b54-27+. The summed E-state index contributed by atoms with van der Waals surface area (Å²) in [5.74, 6) is 2.15. The second-order valence-corrected chi connectivity index (χ2v) is 24.0. The second kappa shape index (κ2) is 20.5. The van der Waals surface area contributed by atoms with Crippen LogP contribution in [0.25, 0.3) is 94.4 Å². The Bertz CT molecular complexity index is 5130. The molecule has 424 valence electrons. The normalized spacial score (nSPS) is 12.9. The Morgan fingerprint density at radius 3 is 1.19 bits per heavy atom. The third kappa shape index (κ3) is 8.03. The number of benzene rings is 10. The molecule has 89 heavy (non-hydrogen) atoms. The fraction of sp³-hybridized carbons (Fsp3) is 0.0741. The number of allylic oxidation sites excluding steroid dienone is 4. The molecule has 3 aliphatic rings. The first-order valence-electron chi connectivity index (χ1n) is 30.5. The van der Waals surface area contributed by atoms with Crippen LogP contribution in [0.1, 0.15) is 38.9 Å². The minimum Gasteiger partial charge on any atom is -0.293 e. The van der Waals surface area contributed by atoms with Crippen LogP contribution in [0.5, 0.6) is 0 Å². The summed E-state index contributed by atoms with van der Waals surface area (Å²) in [6.45, 7) is 21.0. The molecule has 0 bridgehead atoms. The van der Waals surface area contributed by atoms with E-state index in [4.69, 9.17) is 9.97 Å². The number of carbonyl (C=O) groups excluding carboxylic acids is 1. The first kappa shape index (κ1) is 53.4.